The third-order valence-electron chi connectivity index (χ3n) is 3.90. The highest BCUT2D eigenvalue weighted by atomic mass is 32.1. The number of benzene rings is 2. The number of hydrogen-bond donors (Lipinski definition) is 1. The summed E-state index contributed by atoms with van der Waals surface area (Å²) < 4.78 is 5.32. The Morgan fingerprint density at radius 2 is 1.92 bits per heavy atom. The van der Waals surface area contributed by atoms with Gasteiger partial charge in [-0.3, -0.25) is 4.79 Å². The summed E-state index contributed by atoms with van der Waals surface area (Å²) in [7, 11) is 1.64. The summed E-state index contributed by atoms with van der Waals surface area (Å²) in [4.78, 5) is 16.7. The number of hydrogen-bond acceptors (Lipinski definition) is 4. The molecule has 0 saturated carbocycles. The van der Waals surface area contributed by atoms with Gasteiger partial charge in [0, 0.05) is 23.1 Å². The summed E-state index contributed by atoms with van der Waals surface area (Å²) in [5.41, 5.74) is 3.85. The van der Waals surface area contributed by atoms with Crippen LogP contribution in [0.2, 0.25) is 0 Å². The molecule has 0 aliphatic heterocycles. The zero-order valence-electron chi connectivity index (χ0n) is 14.3. The van der Waals surface area contributed by atoms with Crippen molar-refractivity contribution in [2.45, 2.75) is 19.8 Å². The van der Waals surface area contributed by atoms with Gasteiger partial charge in [0.1, 0.15) is 5.75 Å². The number of para-hydroxylation sites is 1. The number of nitrogens with one attached hydrogen (secondary N) is 1. The Labute approximate surface area is 151 Å². The molecule has 2 aromatic carbocycles. The number of carbonyl (C=O) groups is 1. The maximum atomic E-state index is 12.2. The number of carbonyl (C=O) groups excluding carboxylic acids is 1. The molecule has 1 aromatic heterocycles. The van der Waals surface area contributed by atoms with Crippen LogP contribution in [0.4, 0.5) is 5.69 Å². The van der Waals surface area contributed by atoms with E-state index in [-0.39, 0.29) is 5.91 Å². The first kappa shape index (κ1) is 17.2. The molecular weight excluding hydrogens is 332 g/mol. The predicted molar refractivity (Wildman–Crippen MR) is 102 cm³/mol. The largest absolute Gasteiger partial charge is 0.496 e. The van der Waals surface area contributed by atoms with E-state index in [0.29, 0.717) is 12.8 Å². The fourth-order valence-corrected chi connectivity index (χ4v) is 3.22. The molecule has 0 radical (unpaired) electrons. The van der Waals surface area contributed by atoms with E-state index in [2.05, 4.69) is 10.3 Å². The standard InChI is InChI=1S/C20H20N2O2S/c1-14-21-18(13-25-14)15-7-10-17(11-8-15)22-20(23)12-9-16-5-3-4-6-19(16)24-2/h3-8,10-11,13H,9,12H2,1-2H3,(H,22,23). The average Bonchev–Trinajstić information content (AvgIpc) is 3.07. The van der Waals surface area contributed by atoms with E-state index in [1.165, 1.54) is 0 Å². The van der Waals surface area contributed by atoms with Gasteiger partial charge in [0.25, 0.3) is 0 Å². The van der Waals surface area contributed by atoms with E-state index >= 15 is 0 Å². The zero-order valence-corrected chi connectivity index (χ0v) is 15.1. The van der Waals surface area contributed by atoms with Crippen molar-refractivity contribution in [2.24, 2.45) is 0 Å². The molecule has 0 bridgehead atoms. The molecule has 1 heterocycles. The minimum atomic E-state index is -0.0110. The Kier molecular flexibility index (Phi) is 5.46. The highest BCUT2D eigenvalue weighted by molar-refractivity contribution is 7.09. The van der Waals surface area contributed by atoms with E-state index in [4.69, 9.17) is 4.74 Å². The van der Waals surface area contributed by atoms with Gasteiger partial charge >= 0.3 is 0 Å². The van der Waals surface area contributed by atoms with Gasteiger partial charge in [-0.25, -0.2) is 4.98 Å². The van der Waals surface area contributed by atoms with E-state index in [1.807, 2.05) is 60.8 Å². The van der Waals surface area contributed by atoms with Gasteiger partial charge in [0.05, 0.1) is 17.8 Å². The molecule has 128 valence electrons. The van der Waals surface area contributed by atoms with Crippen molar-refractivity contribution in [3.63, 3.8) is 0 Å². The van der Waals surface area contributed by atoms with Gasteiger partial charge in [-0.1, -0.05) is 30.3 Å². The molecule has 0 aliphatic rings. The van der Waals surface area contributed by atoms with Crippen LogP contribution in [0.5, 0.6) is 5.75 Å². The maximum absolute atomic E-state index is 12.2. The predicted octanol–water partition coefficient (Wildman–Crippen LogP) is 4.70. The fraction of sp³-hybridized carbons (Fsp3) is 0.200. The van der Waals surface area contributed by atoms with Crippen LogP contribution in [-0.2, 0) is 11.2 Å². The van der Waals surface area contributed by atoms with Crippen LogP contribution in [-0.4, -0.2) is 18.0 Å². The molecule has 5 heteroatoms. The third-order valence-corrected chi connectivity index (χ3v) is 4.67. The van der Waals surface area contributed by atoms with Crippen molar-refractivity contribution in [1.82, 2.24) is 4.98 Å². The molecule has 0 atom stereocenters. The first-order valence-electron chi connectivity index (χ1n) is 8.10. The summed E-state index contributed by atoms with van der Waals surface area (Å²) in [6.45, 7) is 1.99. The van der Waals surface area contributed by atoms with E-state index < -0.39 is 0 Å². The first-order valence-corrected chi connectivity index (χ1v) is 8.98. The van der Waals surface area contributed by atoms with Crippen LogP contribution in [0.3, 0.4) is 0 Å². The normalized spacial score (nSPS) is 10.5. The minimum Gasteiger partial charge on any atom is -0.496 e. The van der Waals surface area contributed by atoms with Crippen LogP contribution in [0, 0.1) is 6.92 Å². The second kappa shape index (κ2) is 7.94. The number of amides is 1. The summed E-state index contributed by atoms with van der Waals surface area (Å²) in [6, 6.07) is 15.5. The average molecular weight is 352 g/mol. The van der Waals surface area contributed by atoms with Crippen LogP contribution < -0.4 is 10.1 Å². The number of nitrogens with zero attached hydrogens (tertiary/aromatic N) is 1. The van der Waals surface area contributed by atoms with Crippen LogP contribution in [0.25, 0.3) is 11.3 Å². The number of rotatable bonds is 6. The molecule has 0 saturated heterocycles. The smallest absolute Gasteiger partial charge is 0.224 e. The van der Waals surface area contributed by atoms with Gasteiger partial charge in [-0.2, -0.15) is 0 Å². The van der Waals surface area contributed by atoms with Crippen molar-refractivity contribution >= 4 is 22.9 Å². The molecule has 25 heavy (non-hydrogen) atoms. The molecule has 1 N–H and O–H groups in total. The van der Waals surface area contributed by atoms with E-state index in [9.17, 15) is 4.79 Å². The molecule has 3 aromatic rings. The molecule has 0 spiro atoms. The van der Waals surface area contributed by atoms with Crippen molar-refractivity contribution < 1.29 is 9.53 Å². The Hall–Kier alpha value is -2.66. The summed E-state index contributed by atoms with van der Waals surface area (Å²) in [5, 5.41) is 6.02. The molecule has 0 fully saturated rings. The van der Waals surface area contributed by atoms with Crippen molar-refractivity contribution in [3.8, 4) is 17.0 Å². The van der Waals surface area contributed by atoms with E-state index in [1.54, 1.807) is 18.4 Å². The summed E-state index contributed by atoms with van der Waals surface area (Å²) >= 11 is 1.63. The van der Waals surface area contributed by atoms with Gasteiger partial charge in [-0.15, -0.1) is 11.3 Å². The van der Waals surface area contributed by atoms with Crippen molar-refractivity contribution in [3.05, 3.63) is 64.5 Å². The Balaban J connectivity index is 1.57. The highest BCUT2D eigenvalue weighted by Gasteiger charge is 2.07. The molecular formula is C20H20N2O2S. The quantitative estimate of drug-likeness (QED) is 0.700. The van der Waals surface area contributed by atoms with Gasteiger partial charge < -0.3 is 10.1 Å². The first-order chi connectivity index (χ1) is 12.2. The third kappa shape index (κ3) is 4.45. The zero-order chi connectivity index (χ0) is 17.6. The summed E-state index contributed by atoms with van der Waals surface area (Å²) in [5.74, 6) is 0.807. The maximum Gasteiger partial charge on any atom is 0.224 e. The Bertz CT molecular complexity index is 856. The fourth-order valence-electron chi connectivity index (χ4n) is 2.60. The molecule has 3 rings (SSSR count). The van der Waals surface area contributed by atoms with Gasteiger partial charge in [0.2, 0.25) is 5.91 Å². The SMILES string of the molecule is COc1ccccc1CCC(=O)Nc1ccc(-c2csc(C)n2)cc1. The Morgan fingerprint density at radius 3 is 2.60 bits per heavy atom. The van der Waals surface area contributed by atoms with Crippen LogP contribution >= 0.6 is 11.3 Å². The summed E-state index contributed by atoms with van der Waals surface area (Å²) in [6.07, 6.45) is 1.05. The topological polar surface area (TPSA) is 51.2 Å². The van der Waals surface area contributed by atoms with Crippen molar-refractivity contribution in [2.75, 3.05) is 12.4 Å². The van der Waals surface area contributed by atoms with Gasteiger partial charge in [0.15, 0.2) is 0 Å². The number of aromatic nitrogens is 1. The number of anilines is 1. The lowest BCUT2D eigenvalue weighted by Crippen LogP contribution is -2.12. The lowest BCUT2D eigenvalue weighted by atomic mass is 10.1. The molecule has 4 nitrogen and oxygen atoms in total. The monoisotopic (exact) mass is 352 g/mol. The number of thiazole rings is 1. The minimum absolute atomic E-state index is 0.0110. The van der Waals surface area contributed by atoms with Gasteiger partial charge in [-0.05, 0) is 37.1 Å². The van der Waals surface area contributed by atoms with Crippen molar-refractivity contribution in [1.29, 1.82) is 0 Å². The van der Waals surface area contributed by atoms with Crippen LogP contribution in [0.1, 0.15) is 17.0 Å². The highest BCUT2D eigenvalue weighted by Crippen LogP contribution is 2.23. The molecule has 0 aliphatic carbocycles. The Morgan fingerprint density at radius 1 is 1.16 bits per heavy atom. The van der Waals surface area contributed by atoms with Crippen LogP contribution in [0.15, 0.2) is 53.9 Å². The number of methoxy groups -OCH3 is 1. The van der Waals surface area contributed by atoms with E-state index in [0.717, 1.165) is 33.3 Å². The number of aryl methyl sites for hydroxylation is 2. The number of ether oxygens (including phenoxy) is 1. The second-order valence-electron chi connectivity index (χ2n) is 5.69. The molecule has 0 unspecified atom stereocenters. The lowest BCUT2D eigenvalue weighted by Gasteiger charge is -2.09. The second-order valence-corrected chi connectivity index (χ2v) is 6.75. The molecule has 1 amide bonds. The lowest BCUT2D eigenvalue weighted by molar-refractivity contribution is -0.116.